The molecule has 29 heavy (non-hydrogen) atoms. The molecule has 1 atom stereocenters. The Kier molecular flexibility index (Phi) is 6.52. The maximum atomic E-state index is 13.5. The predicted octanol–water partition coefficient (Wildman–Crippen LogP) is 5.97. The topological polar surface area (TPSA) is 25.4 Å². The van der Waals surface area contributed by atoms with Crippen LogP contribution in [0.2, 0.25) is 0 Å². The number of halogens is 1. The van der Waals surface area contributed by atoms with Crippen molar-refractivity contribution >= 4 is 11.3 Å². The lowest BCUT2D eigenvalue weighted by Gasteiger charge is -2.46. The van der Waals surface area contributed by atoms with Gasteiger partial charge in [-0.2, -0.15) is 4.39 Å². The number of aryl methyl sites for hydroxylation is 2. The average molecular weight is 419 g/mol. The van der Waals surface area contributed by atoms with Gasteiger partial charge in [0.1, 0.15) is 0 Å². The standard InChI is InChI=1S/C24H35FN2OS/c1-7-28-23(5,6)24(13-12-20-10-11-21(25)29-20)14-15-27(17-24)22(3,4)19-9-8-18(2)26-16-19/h8-11,16H,7,12-15,17H2,1-6H3. The summed E-state index contributed by atoms with van der Waals surface area (Å²) in [5, 5.41) is -0.0980. The van der Waals surface area contributed by atoms with Gasteiger partial charge >= 0.3 is 0 Å². The van der Waals surface area contributed by atoms with Gasteiger partial charge < -0.3 is 4.74 Å². The minimum atomic E-state index is -0.242. The molecule has 0 aliphatic carbocycles. The van der Waals surface area contributed by atoms with E-state index >= 15 is 0 Å². The van der Waals surface area contributed by atoms with Crippen LogP contribution in [0.1, 0.15) is 63.6 Å². The van der Waals surface area contributed by atoms with E-state index in [0.29, 0.717) is 6.61 Å². The monoisotopic (exact) mass is 418 g/mol. The molecule has 0 spiro atoms. The van der Waals surface area contributed by atoms with Gasteiger partial charge in [0, 0.05) is 40.9 Å². The van der Waals surface area contributed by atoms with Gasteiger partial charge in [0.2, 0.25) is 0 Å². The first-order chi connectivity index (χ1) is 13.6. The molecule has 0 aromatic carbocycles. The fourth-order valence-corrected chi connectivity index (χ4v) is 5.45. The first-order valence-corrected chi connectivity index (χ1v) is 11.5. The molecule has 3 rings (SSSR count). The second-order valence-electron chi connectivity index (χ2n) is 9.35. The lowest BCUT2D eigenvalue weighted by Crippen LogP contribution is -2.50. The zero-order chi connectivity index (χ0) is 21.3. The van der Waals surface area contributed by atoms with Crippen LogP contribution >= 0.6 is 11.3 Å². The largest absolute Gasteiger partial charge is 0.375 e. The van der Waals surface area contributed by atoms with Crippen LogP contribution in [0.3, 0.4) is 0 Å². The van der Waals surface area contributed by atoms with E-state index in [2.05, 4.69) is 56.6 Å². The number of hydrogen-bond acceptors (Lipinski definition) is 4. The molecule has 0 amide bonds. The summed E-state index contributed by atoms with van der Waals surface area (Å²) in [6.07, 6.45) is 4.98. The summed E-state index contributed by atoms with van der Waals surface area (Å²) in [6.45, 7) is 15.8. The van der Waals surface area contributed by atoms with E-state index in [1.807, 2.05) is 19.2 Å². The van der Waals surface area contributed by atoms with Gasteiger partial charge in [-0.3, -0.25) is 9.88 Å². The summed E-state index contributed by atoms with van der Waals surface area (Å²) in [7, 11) is 0. The van der Waals surface area contributed by atoms with Crippen molar-refractivity contribution in [3.05, 3.63) is 51.7 Å². The molecule has 0 bridgehead atoms. The minimum Gasteiger partial charge on any atom is -0.375 e. The first kappa shape index (κ1) is 22.4. The Balaban J connectivity index is 1.84. The van der Waals surface area contributed by atoms with Gasteiger partial charge in [-0.25, -0.2) is 0 Å². The zero-order valence-corrected chi connectivity index (χ0v) is 19.5. The van der Waals surface area contributed by atoms with E-state index in [4.69, 9.17) is 4.74 Å². The van der Waals surface area contributed by atoms with Crippen LogP contribution in [0.4, 0.5) is 4.39 Å². The minimum absolute atomic E-state index is 0.0267. The molecule has 0 saturated carbocycles. The van der Waals surface area contributed by atoms with Crippen LogP contribution in [0.5, 0.6) is 0 Å². The van der Waals surface area contributed by atoms with Gasteiger partial charge in [0.05, 0.1) is 5.60 Å². The van der Waals surface area contributed by atoms with Crippen molar-refractivity contribution in [2.24, 2.45) is 5.41 Å². The lowest BCUT2D eigenvalue weighted by atomic mass is 9.69. The maximum Gasteiger partial charge on any atom is 0.176 e. The van der Waals surface area contributed by atoms with Crippen LogP contribution in [0, 0.1) is 17.5 Å². The predicted molar refractivity (Wildman–Crippen MR) is 119 cm³/mol. The van der Waals surface area contributed by atoms with Crippen LogP contribution in [-0.2, 0) is 16.7 Å². The Morgan fingerprint density at radius 3 is 2.55 bits per heavy atom. The van der Waals surface area contributed by atoms with E-state index in [9.17, 15) is 4.39 Å². The molecule has 3 nitrogen and oxygen atoms in total. The molecule has 1 aliphatic heterocycles. The molecule has 0 N–H and O–H groups in total. The van der Waals surface area contributed by atoms with Crippen molar-refractivity contribution in [1.29, 1.82) is 0 Å². The number of nitrogens with zero attached hydrogens (tertiary/aromatic N) is 2. The van der Waals surface area contributed by atoms with Crippen LogP contribution in [0.15, 0.2) is 30.5 Å². The molecule has 2 aromatic heterocycles. The zero-order valence-electron chi connectivity index (χ0n) is 18.7. The molecular formula is C24H35FN2OS. The van der Waals surface area contributed by atoms with E-state index in [-0.39, 0.29) is 21.7 Å². The number of rotatable bonds is 8. The summed E-state index contributed by atoms with van der Waals surface area (Å²) in [5.74, 6) is 0. The fraction of sp³-hybridized carbons (Fsp3) is 0.625. The van der Waals surface area contributed by atoms with E-state index in [1.54, 1.807) is 6.07 Å². The number of thiophene rings is 1. The van der Waals surface area contributed by atoms with Gasteiger partial charge in [-0.05, 0) is 91.1 Å². The van der Waals surface area contributed by atoms with Crippen molar-refractivity contribution in [2.45, 2.75) is 71.9 Å². The quantitative estimate of drug-likeness (QED) is 0.528. The van der Waals surface area contributed by atoms with Crippen LogP contribution in [-0.4, -0.2) is 35.2 Å². The summed E-state index contributed by atoms with van der Waals surface area (Å²) >= 11 is 1.27. The van der Waals surface area contributed by atoms with Gasteiger partial charge in [-0.1, -0.05) is 6.07 Å². The highest BCUT2D eigenvalue weighted by molar-refractivity contribution is 7.10. The second kappa shape index (κ2) is 8.44. The smallest absolute Gasteiger partial charge is 0.176 e. The third kappa shape index (κ3) is 4.57. The van der Waals surface area contributed by atoms with E-state index in [0.717, 1.165) is 42.9 Å². The second-order valence-corrected chi connectivity index (χ2v) is 10.5. The van der Waals surface area contributed by atoms with Crippen LogP contribution < -0.4 is 0 Å². The third-order valence-electron chi connectivity index (χ3n) is 7.02. The van der Waals surface area contributed by atoms with Crippen molar-refractivity contribution in [3.63, 3.8) is 0 Å². The Morgan fingerprint density at radius 1 is 1.21 bits per heavy atom. The molecule has 0 radical (unpaired) electrons. The van der Waals surface area contributed by atoms with Crippen molar-refractivity contribution < 1.29 is 9.13 Å². The molecule has 1 fully saturated rings. The van der Waals surface area contributed by atoms with Gasteiger partial charge in [-0.15, -0.1) is 11.3 Å². The SMILES string of the molecule is CCOC(C)(C)C1(CCc2ccc(F)s2)CCN(C(C)(C)c2ccc(C)nc2)C1. The number of likely N-dealkylation sites (tertiary alicyclic amines) is 1. The Morgan fingerprint density at radius 2 is 1.97 bits per heavy atom. The number of aromatic nitrogens is 1. The van der Waals surface area contributed by atoms with Crippen LogP contribution in [0.25, 0.3) is 0 Å². The molecule has 1 saturated heterocycles. The summed E-state index contributed by atoms with van der Waals surface area (Å²) in [6, 6.07) is 7.80. The lowest BCUT2D eigenvalue weighted by molar-refractivity contribution is -0.109. The number of ether oxygens (including phenoxy) is 1. The average Bonchev–Trinajstić information content (AvgIpc) is 3.28. The van der Waals surface area contributed by atoms with Gasteiger partial charge in [0.25, 0.3) is 0 Å². The Labute approximate surface area is 179 Å². The molecule has 1 unspecified atom stereocenters. The van der Waals surface area contributed by atoms with E-state index in [1.165, 1.54) is 16.9 Å². The molecule has 3 heterocycles. The summed E-state index contributed by atoms with van der Waals surface area (Å²) in [5.41, 5.74) is 1.97. The summed E-state index contributed by atoms with van der Waals surface area (Å²) < 4.78 is 19.8. The molecular weight excluding hydrogens is 383 g/mol. The Bertz CT molecular complexity index is 815. The van der Waals surface area contributed by atoms with E-state index < -0.39 is 0 Å². The van der Waals surface area contributed by atoms with Crippen molar-refractivity contribution in [1.82, 2.24) is 9.88 Å². The number of pyridine rings is 1. The normalized spacial score (nSPS) is 21.1. The highest BCUT2D eigenvalue weighted by atomic mass is 32.1. The third-order valence-corrected chi connectivity index (χ3v) is 7.96. The molecule has 5 heteroatoms. The molecule has 160 valence electrons. The van der Waals surface area contributed by atoms with Crippen molar-refractivity contribution in [3.8, 4) is 0 Å². The first-order valence-electron chi connectivity index (χ1n) is 10.7. The van der Waals surface area contributed by atoms with Crippen molar-refractivity contribution in [2.75, 3.05) is 19.7 Å². The molecule has 2 aromatic rings. The highest BCUT2D eigenvalue weighted by Crippen LogP contribution is 2.49. The Hall–Kier alpha value is -1.30. The fourth-order valence-electron chi connectivity index (χ4n) is 4.72. The summed E-state index contributed by atoms with van der Waals surface area (Å²) in [4.78, 5) is 8.22. The van der Waals surface area contributed by atoms with Gasteiger partial charge in [0.15, 0.2) is 5.13 Å². The molecule has 1 aliphatic rings. The highest BCUT2D eigenvalue weighted by Gasteiger charge is 2.52. The maximum absolute atomic E-state index is 13.5. The number of hydrogen-bond donors (Lipinski definition) is 0.